The van der Waals surface area contributed by atoms with Crippen LogP contribution in [0.5, 0.6) is 5.75 Å². The van der Waals surface area contributed by atoms with Gasteiger partial charge in [0.25, 0.3) is 0 Å². The number of hydrogen-bond acceptors (Lipinski definition) is 5. The van der Waals surface area contributed by atoms with E-state index in [9.17, 15) is 4.79 Å². The first-order chi connectivity index (χ1) is 12.1. The van der Waals surface area contributed by atoms with E-state index in [0.717, 1.165) is 29.8 Å². The zero-order valence-corrected chi connectivity index (χ0v) is 16.5. The van der Waals surface area contributed by atoms with Crippen LogP contribution in [0.3, 0.4) is 0 Å². The smallest absolute Gasteiger partial charge is 0.323 e. The van der Waals surface area contributed by atoms with E-state index in [2.05, 4.69) is 4.90 Å². The number of nitrogens with zero attached hydrogens (tertiary/aromatic N) is 1. The third kappa shape index (κ3) is 7.30. The topological polar surface area (TPSA) is 64.8 Å². The summed E-state index contributed by atoms with van der Waals surface area (Å²) in [6.45, 7) is 3.76. The van der Waals surface area contributed by atoms with Gasteiger partial charge in [0.15, 0.2) is 0 Å². The molecule has 0 spiro atoms. The van der Waals surface area contributed by atoms with Gasteiger partial charge in [0.05, 0.1) is 19.4 Å². The fraction of sp³-hybridized carbons (Fsp3) is 0.611. The van der Waals surface area contributed by atoms with E-state index in [-0.39, 0.29) is 5.97 Å². The second-order valence-electron chi connectivity index (χ2n) is 5.70. The van der Waals surface area contributed by atoms with Crippen molar-refractivity contribution in [2.45, 2.75) is 32.2 Å². The molecule has 1 atom stereocenters. The number of halogens is 2. The molecule has 25 heavy (non-hydrogen) atoms. The first-order valence-electron chi connectivity index (χ1n) is 8.53. The number of unbranched alkanes of at least 4 members (excludes halogenated alkanes) is 1. The monoisotopic (exact) mass is 390 g/mol. The lowest BCUT2D eigenvalue weighted by molar-refractivity contribution is -0.145. The minimum absolute atomic E-state index is 0.371. The minimum atomic E-state index is -0.687. The second-order valence-corrected chi connectivity index (χ2v) is 6.46. The molecule has 1 rings (SSSR count). The highest BCUT2D eigenvalue weighted by atomic mass is 35.5. The molecule has 142 valence electrons. The Kier molecular flexibility index (Phi) is 10.7. The predicted molar refractivity (Wildman–Crippen MR) is 104 cm³/mol. The Morgan fingerprint density at radius 1 is 1.28 bits per heavy atom. The number of hydrogen-bond donors (Lipinski definition) is 1. The van der Waals surface area contributed by atoms with Crippen molar-refractivity contribution < 1.29 is 14.3 Å². The highest BCUT2D eigenvalue weighted by Crippen LogP contribution is 2.30. The number of carbonyl (C=O) groups excluding carboxylic acids is 1. The summed E-state index contributed by atoms with van der Waals surface area (Å²) in [4.78, 5) is 14.0. The SMILES string of the molecule is CCCCOC(=O)C(N)Cc1ccc(OC)c(N(CCCl)CCCl)c1. The van der Waals surface area contributed by atoms with E-state index >= 15 is 0 Å². The molecule has 7 heteroatoms. The van der Waals surface area contributed by atoms with Crippen molar-refractivity contribution in [1.29, 1.82) is 0 Å². The van der Waals surface area contributed by atoms with Crippen molar-refractivity contribution in [1.82, 2.24) is 0 Å². The number of methoxy groups -OCH3 is 1. The lowest BCUT2D eigenvalue weighted by Gasteiger charge is -2.25. The maximum absolute atomic E-state index is 12.0. The molecule has 2 N–H and O–H groups in total. The van der Waals surface area contributed by atoms with E-state index in [1.165, 1.54) is 0 Å². The Bertz CT molecular complexity index is 523. The minimum Gasteiger partial charge on any atom is -0.495 e. The van der Waals surface area contributed by atoms with Gasteiger partial charge in [-0.1, -0.05) is 19.4 Å². The number of benzene rings is 1. The van der Waals surface area contributed by atoms with Gasteiger partial charge in [-0.25, -0.2) is 0 Å². The van der Waals surface area contributed by atoms with E-state index in [4.69, 9.17) is 38.4 Å². The van der Waals surface area contributed by atoms with Gasteiger partial charge in [-0.05, 0) is 30.5 Å². The summed E-state index contributed by atoms with van der Waals surface area (Å²) in [6, 6.07) is 5.06. The van der Waals surface area contributed by atoms with E-state index < -0.39 is 6.04 Å². The summed E-state index contributed by atoms with van der Waals surface area (Å²) in [5.74, 6) is 1.32. The fourth-order valence-corrected chi connectivity index (χ4v) is 2.84. The van der Waals surface area contributed by atoms with Crippen molar-refractivity contribution in [2.24, 2.45) is 5.73 Å². The Morgan fingerprint density at radius 2 is 1.96 bits per heavy atom. The van der Waals surface area contributed by atoms with Crippen LogP contribution in [0, 0.1) is 0 Å². The number of carbonyl (C=O) groups is 1. The summed E-state index contributed by atoms with van der Waals surface area (Å²) in [5, 5.41) is 0. The van der Waals surface area contributed by atoms with Crippen LogP contribution >= 0.6 is 23.2 Å². The predicted octanol–water partition coefficient (Wildman–Crippen LogP) is 3.19. The molecule has 0 aromatic heterocycles. The summed E-state index contributed by atoms with van der Waals surface area (Å²) in [6.07, 6.45) is 2.22. The van der Waals surface area contributed by atoms with Crippen molar-refractivity contribution in [3.8, 4) is 5.75 Å². The van der Waals surface area contributed by atoms with E-state index in [1.54, 1.807) is 7.11 Å². The molecule has 1 aromatic rings. The van der Waals surface area contributed by atoms with Crippen molar-refractivity contribution in [3.63, 3.8) is 0 Å². The quantitative estimate of drug-likeness (QED) is 0.337. The van der Waals surface area contributed by atoms with Crippen LogP contribution in [0.1, 0.15) is 25.3 Å². The Hall–Kier alpha value is -1.17. The van der Waals surface area contributed by atoms with E-state index in [1.807, 2.05) is 25.1 Å². The molecule has 0 fully saturated rings. The largest absolute Gasteiger partial charge is 0.495 e. The molecule has 1 aromatic carbocycles. The summed E-state index contributed by atoms with van der Waals surface area (Å²) in [7, 11) is 1.62. The number of esters is 1. The van der Waals surface area contributed by atoms with Crippen LogP contribution in [0.25, 0.3) is 0 Å². The number of alkyl halides is 2. The molecule has 0 bridgehead atoms. The molecule has 0 aliphatic rings. The third-order valence-corrected chi connectivity index (χ3v) is 4.13. The average molecular weight is 391 g/mol. The van der Waals surface area contributed by atoms with Gasteiger partial charge in [-0.15, -0.1) is 23.2 Å². The number of anilines is 1. The lowest BCUT2D eigenvalue weighted by Crippen LogP contribution is -2.34. The molecule has 1 unspecified atom stereocenters. The molecule has 0 radical (unpaired) electrons. The van der Waals surface area contributed by atoms with Gasteiger partial charge in [-0.2, -0.15) is 0 Å². The molecule has 0 aliphatic carbocycles. The number of ether oxygens (including phenoxy) is 2. The van der Waals surface area contributed by atoms with Gasteiger partial charge in [-0.3, -0.25) is 4.79 Å². The van der Waals surface area contributed by atoms with Crippen molar-refractivity contribution >= 4 is 34.9 Å². The first-order valence-corrected chi connectivity index (χ1v) is 9.60. The Morgan fingerprint density at radius 3 is 2.52 bits per heavy atom. The van der Waals surface area contributed by atoms with Crippen LogP contribution < -0.4 is 15.4 Å². The fourth-order valence-electron chi connectivity index (χ4n) is 2.43. The zero-order chi connectivity index (χ0) is 18.7. The van der Waals surface area contributed by atoms with Gasteiger partial charge in [0.2, 0.25) is 0 Å². The first kappa shape index (κ1) is 21.9. The molecular weight excluding hydrogens is 363 g/mol. The normalized spacial score (nSPS) is 11.9. The van der Waals surface area contributed by atoms with Crippen LogP contribution in [0.2, 0.25) is 0 Å². The highest BCUT2D eigenvalue weighted by Gasteiger charge is 2.18. The van der Waals surface area contributed by atoms with Gasteiger partial charge in [0.1, 0.15) is 11.8 Å². The molecule has 0 saturated carbocycles. The van der Waals surface area contributed by atoms with Gasteiger partial charge < -0.3 is 20.1 Å². The van der Waals surface area contributed by atoms with Gasteiger partial charge in [0, 0.05) is 24.8 Å². The lowest BCUT2D eigenvalue weighted by atomic mass is 10.0. The molecule has 0 aliphatic heterocycles. The molecule has 0 amide bonds. The standard InChI is InChI=1S/C18H28Cl2N2O3/c1-3-4-11-25-18(23)15(21)12-14-5-6-17(24-2)16(13-14)22(9-7-19)10-8-20/h5-6,13,15H,3-4,7-12,21H2,1-2H3. The van der Waals surface area contributed by atoms with E-state index in [0.29, 0.717) is 37.9 Å². The third-order valence-electron chi connectivity index (χ3n) is 3.79. The number of rotatable bonds is 12. The summed E-state index contributed by atoms with van der Waals surface area (Å²) < 4.78 is 10.6. The Labute approximate surface area is 160 Å². The molecule has 5 nitrogen and oxygen atoms in total. The summed E-state index contributed by atoms with van der Waals surface area (Å²) in [5.41, 5.74) is 7.82. The molecule has 0 heterocycles. The maximum atomic E-state index is 12.0. The Balaban J connectivity index is 2.87. The second kappa shape index (κ2) is 12.2. The molecule has 0 saturated heterocycles. The van der Waals surface area contributed by atoms with Crippen molar-refractivity contribution in [3.05, 3.63) is 23.8 Å². The van der Waals surface area contributed by atoms with Crippen LogP contribution in [0.4, 0.5) is 5.69 Å². The zero-order valence-electron chi connectivity index (χ0n) is 15.0. The van der Waals surface area contributed by atoms with Crippen molar-refractivity contribution in [2.75, 3.05) is 43.5 Å². The summed E-state index contributed by atoms with van der Waals surface area (Å²) >= 11 is 11.8. The molecular formula is C18H28Cl2N2O3. The highest BCUT2D eigenvalue weighted by molar-refractivity contribution is 6.18. The van der Waals surface area contributed by atoms with Gasteiger partial charge >= 0.3 is 5.97 Å². The van der Waals surface area contributed by atoms with Crippen LogP contribution in [-0.4, -0.2) is 50.6 Å². The van der Waals surface area contributed by atoms with Crippen LogP contribution in [-0.2, 0) is 16.0 Å². The van der Waals surface area contributed by atoms with Crippen LogP contribution in [0.15, 0.2) is 18.2 Å². The maximum Gasteiger partial charge on any atom is 0.323 e. The number of nitrogens with two attached hydrogens (primary N) is 1. The average Bonchev–Trinajstić information content (AvgIpc) is 2.61.